The Balaban J connectivity index is -0.0000000267. The molecule has 6 nitrogen and oxygen atoms in total. The first-order valence-corrected chi connectivity index (χ1v) is 2.19. The maximum absolute atomic E-state index is 8.55. The van der Waals surface area contributed by atoms with Crippen molar-refractivity contribution in [2.45, 2.75) is 0 Å². The Morgan fingerprint density at radius 1 is 1.12 bits per heavy atom. The molecule has 0 spiro atoms. The van der Waals surface area contributed by atoms with E-state index >= 15 is 0 Å². The molecule has 0 saturated heterocycles. The summed E-state index contributed by atoms with van der Waals surface area (Å²) in [4.78, 5) is 25.6. The Kier molecular flexibility index (Phi) is 22.2. The van der Waals surface area contributed by atoms with Gasteiger partial charge in [0.2, 0.25) is 0 Å². The minimum atomic E-state index is -5.39. The summed E-state index contributed by atoms with van der Waals surface area (Å²) in [6.07, 6.45) is 0. The maximum Gasteiger partial charge on any atom is 2.00 e. The van der Waals surface area contributed by atoms with Gasteiger partial charge in [-0.3, -0.25) is 0 Å². The van der Waals surface area contributed by atoms with Gasteiger partial charge in [-0.05, 0) is 0 Å². The molecule has 0 aliphatic heterocycles. The first kappa shape index (κ1) is 23.5. The zero-order valence-electron chi connectivity index (χ0n) is 3.93. The van der Waals surface area contributed by atoms with Crippen molar-refractivity contribution in [3.8, 4) is 0 Å². The van der Waals surface area contributed by atoms with Gasteiger partial charge < -0.3 is 30.9 Å². The number of rotatable bonds is 0. The van der Waals surface area contributed by atoms with Gasteiger partial charge >= 0.3 is 17.1 Å². The van der Waals surface area contributed by atoms with Crippen LogP contribution in [0.3, 0.4) is 0 Å². The average Bonchev–Trinajstić information content (AvgIpc) is 0.722. The molecule has 0 saturated carbocycles. The number of hydrogen-bond acceptors (Lipinski definition) is 4. The van der Waals surface area contributed by atoms with Crippen LogP contribution in [0.4, 0.5) is 0 Å². The molecular weight excluding hydrogens is 181 g/mol. The molecular formula is H6FeNO5P. The molecule has 54 valence electrons. The molecule has 0 unspecified atom stereocenters. The summed E-state index contributed by atoms with van der Waals surface area (Å²) in [6, 6.07) is 0. The molecule has 0 rings (SSSR count). The summed E-state index contributed by atoms with van der Waals surface area (Å²) in [7, 11) is -5.39. The normalized spacial score (nSPS) is 7.38. The second kappa shape index (κ2) is 7.55. The van der Waals surface area contributed by atoms with Crippen LogP contribution in [0.5, 0.6) is 0 Å². The zero-order chi connectivity index (χ0) is 4.50. The van der Waals surface area contributed by atoms with E-state index in [9.17, 15) is 0 Å². The number of phosphoric acid groups is 1. The van der Waals surface area contributed by atoms with Crippen molar-refractivity contribution in [3.63, 3.8) is 0 Å². The van der Waals surface area contributed by atoms with Gasteiger partial charge in [0, 0.05) is 0 Å². The first-order valence-electron chi connectivity index (χ1n) is 0.730. The fourth-order valence-corrected chi connectivity index (χ4v) is 0. The Bertz CT molecular complexity index is 58.6. The molecule has 0 aromatic rings. The van der Waals surface area contributed by atoms with Crippen LogP contribution in [0.2, 0.25) is 0 Å². The van der Waals surface area contributed by atoms with Crippen molar-refractivity contribution in [2.24, 2.45) is 0 Å². The second-order valence-electron chi connectivity index (χ2n) is 0.447. The van der Waals surface area contributed by atoms with E-state index in [0.717, 1.165) is 0 Å². The van der Waals surface area contributed by atoms with Gasteiger partial charge in [0.1, 0.15) is 0 Å². The fourth-order valence-electron chi connectivity index (χ4n) is 0. The molecule has 8 heavy (non-hydrogen) atoms. The molecule has 0 heterocycles. The van der Waals surface area contributed by atoms with E-state index in [1.165, 1.54) is 0 Å². The van der Waals surface area contributed by atoms with Crippen LogP contribution in [-0.4, -0.2) is 5.48 Å². The van der Waals surface area contributed by atoms with Gasteiger partial charge in [-0.1, -0.05) is 0 Å². The molecule has 0 aliphatic rings. The Morgan fingerprint density at radius 3 is 1.12 bits per heavy atom. The molecule has 0 aliphatic carbocycles. The molecule has 0 fully saturated rings. The predicted octanol–water partition coefficient (Wildman–Crippen LogP) is -3.28. The van der Waals surface area contributed by atoms with Crippen molar-refractivity contribution in [1.29, 1.82) is 0 Å². The molecule has 0 atom stereocenters. The third-order valence-electron chi connectivity index (χ3n) is 0. The van der Waals surface area contributed by atoms with Crippen LogP contribution in [0.1, 0.15) is 0 Å². The summed E-state index contributed by atoms with van der Waals surface area (Å²) in [5.74, 6) is 0. The monoisotopic (exact) mass is 187 g/mol. The van der Waals surface area contributed by atoms with Crippen molar-refractivity contribution in [2.75, 3.05) is 0 Å². The molecule has 0 aromatic heterocycles. The minimum absolute atomic E-state index is 0. The van der Waals surface area contributed by atoms with Crippen molar-refractivity contribution in [3.05, 3.63) is 0 Å². The van der Waals surface area contributed by atoms with Gasteiger partial charge in [0.15, 0.2) is 0 Å². The van der Waals surface area contributed by atoms with Crippen molar-refractivity contribution >= 4 is 7.82 Å². The Hall–Kier alpha value is 0.549. The van der Waals surface area contributed by atoms with Crippen molar-refractivity contribution < 1.29 is 41.8 Å². The van der Waals surface area contributed by atoms with Crippen LogP contribution >= 0.6 is 7.82 Å². The van der Waals surface area contributed by atoms with Crippen LogP contribution in [0.25, 0.3) is 0 Å². The van der Waals surface area contributed by atoms with Crippen LogP contribution < -0.4 is 20.8 Å². The van der Waals surface area contributed by atoms with Gasteiger partial charge in [-0.2, -0.15) is 7.82 Å². The molecule has 0 aromatic carbocycles. The predicted molar refractivity (Wildman–Crippen MR) is 17.2 cm³/mol. The second-order valence-corrected chi connectivity index (χ2v) is 1.34. The van der Waals surface area contributed by atoms with E-state index in [0.29, 0.717) is 0 Å². The number of hydrogen-bond donors (Lipinski definition) is 1. The third kappa shape index (κ3) is 668. The SMILES string of the molecule is O.O=P([O-])([O-])[O-].[Fe+2].[NH4+]. The van der Waals surface area contributed by atoms with Gasteiger partial charge in [-0.25, -0.2) is 0 Å². The van der Waals surface area contributed by atoms with E-state index in [4.69, 9.17) is 19.2 Å². The molecule has 8 heteroatoms. The molecule has 0 radical (unpaired) electrons. The van der Waals surface area contributed by atoms with Gasteiger partial charge in [0.25, 0.3) is 0 Å². The molecule has 0 bridgehead atoms. The largest absolute Gasteiger partial charge is 2.00 e. The fraction of sp³-hybridized carbons (Fsp3) is 0. The smallest absolute Gasteiger partial charge is 0.822 e. The van der Waals surface area contributed by atoms with E-state index in [1.54, 1.807) is 0 Å². The van der Waals surface area contributed by atoms with Crippen LogP contribution in [0, 0.1) is 0 Å². The number of quaternary nitrogens is 1. The van der Waals surface area contributed by atoms with Gasteiger partial charge in [0.05, 0.1) is 0 Å². The summed E-state index contributed by atoms with van der Waals surface area (Å²) >= 11 is 0. The van der Waals surface area contributed by atoms with E-state index < -0.39 is 7.82 Å². The summed E-state index contributed by atoms with van der Waals surface area (Å²) in [5.41, 5.74) is 0. The van der Waals surface area contributed by atoms with E-state index in [2.05, 4.69) is 0 Å². The maximum atomic E-state index is 8.55. The van der Waals surface area contributed by atoms with Crippen LogP contribution in [-0.2, 0) is 21.6 Å². The van der Waals surface area contributed by atoms with Crippen molar-refractivity contribution in [1.82, 2.24) is 6.15 Å². The topological polar surface area (TPSA) is 154 Å². The third-order valence-corrected chi connectivity index (χ3v) is 0. The van der Waals surface area contributed by atoms with Crippen LogP contribution in [0.15, 0.2) is 0 Å². The summed E-state index contributed by atoms with van der Waals surface area (Å²) < 4.78 is 8.55. The van der Waals surface area contributed by atoms with Gasteiger partial charge in [-0.15, -0.1) is 0 Å². The average molecular weight is 187 g/mol. The Labute approximate surface area is 56.5 Å². The quantitative estimate of drug-likeness (QED) is 0.311. The Morgan fingerprint density at radius 2 is 1.12 bits per heavy atom. The minimum Gasteiger partial charge on any atom is -0.822 e. The first-order chi connectivity index (χ1) is 2.00. The summed E-state index contributed by atoms with van der Waals surface area (Å²) in [6.45, 7) is 0. The molecule has 6 N–H and O–H groups in total. The zero-order valence-corrected chi connectivity index (χ0v) is 5.93. The molecule has 0 amide bonds. The standard InChI is InChI=1S/Fe.H3N.H3O4P.H2O/c;;1-5(2,3)4;/h;1H3;(H3,1,2,3,4);1H2/q+2;;;/p-2. The van der Waals surface area contributed by atoms with E-state index in [-0.39, 0.29) is 28.7 Å². The summed E-state index contributed by atoms with van der Waals surface area (Å²) in [5, 5.41) is 0. The van der Waals surface area contributed by atoms with E-state index in [1.807, 2.05) is 0 Å².